The van der Waals surface area contributed by atoms with Gasteiger partial charge in [0.2, 0.25) is 5.88 Å². The minimum Gasteiger partial charge on any atom is -0.503 e. The van der Waals surface area contributed by atoms with Crippen LogP contribution in [0.5, 0.6) is 5.88 Å². The number of esters is 1. The topological polar surface area (TPSA) is 129 Å². The van der Waals surface area contributed by atoms with Gasteiger partial charge < -0.3 is 19.9 Å². The predicted molar refractivity (Wildman–Crippen MR) is 114 cm³/mol. The zero-order chi connectivity index (χ0) is 25.1. The molecule has 180 valence electrons. The van der Waals surface area contributed by atoms with Gasteiger partial charge >= 0.3 is 12.1 Å². The molecule has 0 atom stereocenters. The second kappa shape index (κ2) is 12.0. The number of halogens is 3. The van der Waals surface area contributed by atoms with E-state index in [2.05, 4.69) is 15.2 Å². The van der Waals surface area contributed by atoms with Crippen LogP contribution in [0.25, 0.3) is 5.57 Å². The van der Waals surface area contributed by atoms with Crippen LogP contribution in [0.1, 0.15) is 27.3 Å². The van der Waals surface area contributed by atoms with Crippen molar-refractivity contribution in [1.29, 1.82) is 0 Å². The van der Waals surface area contributed by atoms with Gasteiger partial charge in [0.25, 0.3) is 5.91 Å². The quantitative estimate of drug-likeness (QED) is 0.303. The lowest BCUT2D eigenvalue weighted by Gasteiger charge is -2.13. The Kier molecular flexibility index (Phi) is 9.18. The highest BCUT2D eigenvalue weighted by Crippen LogP contribution is 2.29. The van der Waals surface area contributed by atoms with Crippen molar-refractivity contribution in [3.8, 4) is 5.88 Å². The molecule has 1 aromatic carbocycles. The summed E-state index contributed by atoms with van der Waals surface area (Å²) in [6.45, 7) is -0.0947. The number of rotatable bonds is 7. The van der Waals surface area contributed by atoms with Crippen molar-refractivity contribution in [3.63, 3.8) is 0 Å². The molecule has 2 heterocycles. The summed E-state index contributed by atoms with van der Waals surface area (Å²) in [4.78, 5) is 25.6. The number of aromatic nitrogens is 3. The number of nitrogens with two attached hydrogens (primary N) is 1. The molecule has 3 N–H and O–H groups in total. The Morgan fingerprint density at radius 3 is 2.38 bits per heavy atom. The van der Waals surface area contributed by atoms with Crippen LogP contribution in [0.3, 0.4) is 0 Å². The SMILES string of the molecule is CO/C=C(/C(=O)OC)c1ccccc1COc1cccc(C(F)(F)F)n1.NC(=O)c1cc[nH]n1. The van der Waals surface area contributed by atoms with Crippen LogP contribution in [0, 0.1) is 0 Å². The number of carbonyl (C=O) groups is 2. The second-order valence-electron chi connectivity index (χ2n) is 6.39. The lowest BCUT2D eigenvalue weighted by atomic mass is 10.0. The van der Waals surface area contributed by atoms with E-state index in [9.17, 15) is 22.8 Å². The van der Waals surface area contributed by atoms with E-state index in [1.165, 1.54) is 38.7 Å². The summed E-state index contributed by atoms with van der Waals surface area (Å²) in [5.74, 6) is -1.30. The van der Waals surface area contributed by atoms with Gasteiger partial charge in [-0.1, -0.05) is 30.3 Å². The van der Waals surface area contributed by atoms with Gasteiger partial charge in [0.1, 0.15) is 23.6 Å². The number of carbonyl (C=O) groups excluding carboxylic acids is 2. The number of alkyl halides is 3. The van der Waals surface area contributed by atoms with Crippen molar-refractivity contribution in [2.24, 2.45) is 5.73 Å². The molecule has 0 aliphatic heterocycles. The molecule has 3 rings (SSSR count). The molecular weight excluding hydrogens is 457 g/mol. The molecule has 3 aromatic rings. The van der Waals surface area contributed by atoms with Crippen LogP contribution in [0.4, 0.5) is 13.2 Å². The van der Waals surface area contributed by atoms with Gasteiger partial charge in [0.05, 0.1) is 20.5 Å². The van der Waals surface area contributed by atoms with Gasteiger partial charge in [0, 0.05) is 12.3 Å². The Morgan fingerprint density at radius 1 is 1.09 bits per heavy atom. The molecule has 0 saturated carbocycles. The van der Waals surface area contributed by atoms with Crippen molar-refractivity contribution in [1.82, 2.24) is 15.2 Å². The highest BCUT2D eigenvalue weighted by molar-refractivity contribution is 6.16. The van der Waals surface area contributed by atoms with E-state index in [4.69, 9.17) is 19.9 Å². The van der Waals surface area contributed by atoms with E-state index in [0.717, 1.165) is 6.07 Å². The third kappa shape index (κ3) is 7.36. The molecule has 0 radical (unpaired) electrons. The number of ether oxygens (including phenoxy) is 3. The van der Waals surface area contributed by atoms with E-state index < -0.39 is 23.7 Å². The van der Waals surface area contributed by atoms with Crippen molar-refractivity contribution in [3.05, 3.63) is 83.5 Å². The summed E-state index contributed by atoms with van der Waals surface area (Å²) >= 11 is 0. The van der Waals surface area contributed by atoms with Crippen molar-refractivity contribution >= 4 is 17.4 Å². The molecule has 9 nitrogen and oxygen atoms in total. The number of amides is 1. The third-order valence-electron chi connectivity index (χ3n) is 4.09. The number of primary amides is 1. The molecule has 34 heavy (non-hydrogen) atoms. The van der Waals surface area contributed by atoms with E-state index in [1.54, 1.807) is 30.5 Å². The second-order valence-corrected chi connectivity index (χ2v) is 6.39. The first-order valence-corrected chi connectivity index (χ1v) is 9.53. The smallest absolute Gasteiger partial charge is 0.433 e. The normalized spacial score (nSPS) is 11.1. The molecule has 0 aliphatic carbocycles. The van der Waals surface area contributed by atoms with Crippen molar-refractivity contribution in [2.45, 2.75) is 12.8 Å². The summed E-state index contributed by atoms with van der Waals surface area (Å²) in [6.07, 6.45) is -1.79. The summed E-state index contributed by atoms with van der Waals surface area (Å²) in [7, 11) is 2.62. The van der Waals surface area contributed by atoms with Crippen LogP contribution >= 0.6 is 0 Å². The molecule has 0 bridgehead atoms. The summed E-state index contributed by atoms with van der Waals surface area (Å²) in [5, 5.41) is 5.98. The first-order valence-electron chi connectivity index (χ1n) is 9.53. The van der Waals surface area contributed by atoms with Crippen LogP contribution in [0.15, 0.2) is 61.0 Å². The standard InChI is InChI=1S/C18H16F3NO4.C4H5N3O/c1-24-11-14(17(23)25-2)13-7-4-3-6-12(13)10-26-16-9-5-8-15(22-16)18(19,20)21;5-4(8)3-1-2-6-7-3/h3-9,11H,10H2,1-2H3;1-2H,(H2,5,8)(H,6,7)/b14-11+;. The number of aromatic amines is 1. The maximum absolute atomic E-state index is 12.7. The number of hydrogen-bond donors (Lipinski definition) is 2. The Balaban J connectivity index is 0.000000430. The predicted octanol–water partition coefficient (Wildman–Crippen LogP) is 3.35. The first-order chi connectivity index (χ1) is 16.2. The van der Waals surface area contributed by atoms with Crippen LogP contribution in [-0.4, -0.2) is 41.3 Å². The minimum atomic E-state index is -4.56. The Bertz CT molecular complexity index is 1130. The molecule has 0 spiro atoms. The zero-order valence-electron chi connectivity index (χ0n) is 18.1. The maximum Gasteiger partial charge on any atom is 0.433 e. The summed E-state index contributed by atoms with van der Waals surface area (Å²) < 4.78 is 53.2. The number of H-pyrrole nitrogens is 1. The Morgan fingerprint density at radius 2 is 1.82 bits per heavy atom. The zero-order valence-corrected chi connectivity index (χ0v) is 18.1. The van der Waals surface area contributed by atoms with Gasteiger partial charge in [-0.05, 0) is 23.3 Å². The molecule has 2 aromatic heterocycles. The first kappa shape index (κ1) is 25.9. The number of nitrogens with zero attached hydrogens (tertiary/aromatic N) is 2. The Labute approximate surface area is 192 Å². The molecule has 0 aliphatic rings. The van der Waals surface area contributed by atoms with Crippen LogP contribution in [0.2, 0.25) is 0 Å². The molecule has 12 heteroatoms. The minimum absolute atomic E-state index is 0.0947. The molecular formula is C22H21F3N4O5. The number of hydrogen-bond acceptors (Lipinski definition) is 7. The lowest BCUT2D eigenvalue weighted by Crippen LogP contribution is -2.10. The lowest BCUT2D eigenvalue weighted by molar-refractivity contribution is -0.141. The van der Waals surface area contributed by atoms with Gasteiger partial charge in [-0.15, -0.1) is 0 Å². The number of pyridine rings is 1. The fourth-order valence-electron chi connectivity index (χ4n) is 2.56. The van der Waals surface area contributed by atoms with Gasteiger partial charge in [0.15, 0.2) is 0 Å². The maximum atomic E-state index is 12.7. The highest BCUT2D eigenvalue weighted by Gasteiger charge is 2.32. The van der Waals surface area contributed by atoms with E-state index in [0.29, 0.717) is 11.1 Å². The molecule has 1 amide bonds. The molecule has 0 fully saturated rings. The number of benzene rings is 1. The number of nitrogens with one attached hydrogen (secondary N) is 1. The van der Waals surface area contributed by atoms with Gasteiger partial charge in [-0.3, -0.25) is 9.89 Å². The highest BCUT2D eigenvalue weighted by atomic mass is 19.4. The molecule has 0 saturated heterocycles. The fourth-order valence-corrected chi connectivity index (χ4v) is 2.56. The average molecular weight is 478 g/mol. The average Bonchev–Trinajstić information content (AvgIpc) is 3.37. The number of methoxy groups -OCH3 is 2. The van der Waals surface area contributed by atoms with E-state index in [1.807, 2.05) is 0 Å². The summed E-state index contributed by atoms with van der Waals surface area (Å²) in [6, 6.07) is 11.7. The van der Waals surface area contributed by atoms with Gasteiger partial charge in [-0.25, -0.2) is 9.78 Å². The third-order valence-corrected chi connectivity index (χ3v) is 4.09. The Hall–Kier alpha value is -4.35. The van der Waals surface area contributed by atoms with E-state index >= 15 is 0 Å². The largest absolute Gasteiger partial charge is 0.503 e. The van der Waals surface area contributed by atoms with Crippen LogP contribution in [-0.2, 0) is 27.1 Å². The molecule has 0 unspecified atom stereocenters. The van der Waals surface area contributed by atoms with Gasteiger partial charge in [-0.2, -0.15) is 18.3 Å². The fraction of sp³-hybridized carbons (Fsp3) is 0.182. The summed E-state index contributed by atoms with van der Waals surface area (Å²) in [5.41, 5.74) is 5.26. The van der Waals surface area contributed by atoms with E-state index in [-0.39, 0.29) is 23.8 Å². The monoisotopic (exact) mass is 478 g/mol. The van der Waals surface area contributed by atoms with Crippen molar-refractivity contribution < 1.29 is 37.0 Å². The van der Waals surface area contributed by atoms with Crippen LogP contribution < -0.4 is 10.5 Å². The van der Waals surface area contributed by atoms with Crippen molar-refractivity contribution in [2.75, 3.05) is 14.2 Å².